The van der Waals surface area contributed by atoms with Crippen LogP contribution < -0.4 is 0 Å². The zero-order chi connectivity index (χ0) is 9.40. The Morgan fingerprint density at radius 1 is 1.31 bits per heavy atom. The quantitative estimate of drug-likeness (QED) is 0.744. The Labute approximate surface area is 88.9 Å². The maximum atomic E-state index is 9.00. The fourth-order valence-corrected chi connectivity index (χ4v) is 0.714. The first-order valence-electron chi connectivity index (χ1n) is 3.90. The zero-order valence-electron chi connectivity index (χ0n) is 7.77. The van der Waals surface area contributed by atoms with Gasteiger partial charge in [-0.3, -0.25) is 4.79 Å². The number of aliphatic carboxylic acids is 1. The molecule has 0 heterocycles. The van der Waals surface area contributed by atoms with E-state index in [4.69, 9.17) is 9.90 Å². The van der Waals surface area contributed by atoms with Gasteiger partial charge in [0.15, 0.2) is 0 Å². The van der Waals surface area contributed by atoms with E-state index in [0.29, 0.717) is 0 Å². The van der Waals surface area contributed by atoms with E-state index in [0.717, 1.165) is 13.3 Å². The van der Waals surface area contributed by atoms with Gasteiger partial charge in [-0.05, 0) is 12.0 Å². The van der Waals surface area contributed by atoms with E-state index >= 15 is 0 Å². The number of rotatable bonds is 1. The minimum atomic E-state index is -0.833. The van der Waals surface area contributed by atoms with Crippen molar-refractivity contribution in [3.8, 4) is 0 Å². The van der Waals surface area contributed by atoms with Crippen LogP contribution in [0.25, 0.3) is 0 Å². The van der Waals surface area contributed by atoms with Crippen LogP contribution in [0.2, 0.25) is 0 Å². The van der Waals surface area contributed by atoms with Crippen molar-refractivity contribution in [3.63, 3.8) is 0 Å². The van der Waals surface area contributed by atoms with E-state index in [-0.39, 0.29) is 16.5 Å². The molecule has 0 atom stereocenters. The molecular weight excluding hydrogens is 211 g/mol. The second-order valence-corrected chi connectivity index (χ2v) is 2.36. The Morgan fingerprint density at radius 3 is 1.92 bits per heavy atom. The number of carbonyl (C=O) groups is 1. The first-order chi connectivity index (χ1) is 5.66. The minimum absolute atomic E-state index is 0. The third-order valence-electron chi connectivity index (χ3n) is 1.25. The van der Waals surface area contributed by atoms with Crippen molar-refractivity contribution in [1.82, 2.24) is 0 Å². The number of hydrogen-bond acceptors (Lipinski definition) is 1. The van der Waals surface area contributed by atoms with Gasteiger partial charge in [-0.1, -0.05) is 37.3 Å². The largest absolute Gasteiger partial charge is 0.481 e. The zero-order valence-corrected chi connectivity index (χ0v) is 8.75. The molecule has 0 saturated heterocycles. The number of hydrogen-bond donors (Lipinski definition) is 1. The summed E-state index contributed by atoms with van der Waals surface area (Å²) in [6.07, 6.45) is 1.14. The molecule has 13 heavy (non-hydrogen) atoms. The number of carboxylic acid groups (broad SMARTS) is 1. The molecule has 1 N–H and O–H groups in total. The molecule has 0 aliphatic heterocycles. The molecule has 0 bridgehead atoms. The van der Waals surface area contributed by atoms with Gasteiger partial charge in [0.25, 0.3) is 5.97 Å². The van der Waals surface area contributed by atoms with Crippen LogP contribution >= 0.6 is 0 Å². The summed E-state index contributed by atoms with van der Waals surface area (Å²) in [5, 5.41) is 7.42. The first kappa shape index (κ1) is 14.7. The molecule has 0 aliphatic rings. The first-order valence-corrected chi connectivity index (χ1v) is 3.90. The van der Waals surface area contributed by atoms with Crippen molar-refractivity contribution in [2.75, 3.05) is 0 Å². The molecule has 1 aromatic carbocycles. The summed E-state index contributed by atoms with van der Waals surface area (Å²) >= 11 is 0. The Kier molecular flexibility index (Phi) is 10.5. The van der Waals surface area contributed by atoms with Crippen molar-refractivity contribution < 1.29 is 26.4 Å². The van der Waals surface area contributed by atoms with E-state index in [1.807, 2.05) is 6.07 Å². The van der Waals surface area contributed by atoms with E-state index in [1.165, 1.54) is 5.56 Å². The van der Waals surface area contributed by atoms with Crippen LogP contribution in [0.4, 0.5) is 0 Å². The summed E-state index contributed by atoms with van der Waals surface area (Å²) in [5.74, 6) is -0.833. The van der Waals surface area contributed by atoms with Gasteiger partial charge in [-0.2, -0.15) is 0 Å². The monoisotopic (exact) mass is 224 g/mol. The minimum Gasteiger partial charge on any atom is -0.481 e. The maximum absolute atomic E-state index is 9.00. The van der Waals surface area contributed by atoms with Crippen molar-refractivity contribution in [3.05, 3.63) is 35.9 Å². The molecule has 0 radical (unpaired) electrons. The third kappa shape index (κ3) is 11.2. The SMILES string of the molecule is CC(=O)O.CCc1ccccc1.[Ni]. The molecule has 0 amide bonds. The second-order valence-electron chi connectivity index (χ2n) is 2.36. The molecule has 0 aliphatic carbocycles. The summed E-state index contributed by atoms with van der Waals surface area (Å²) in [6, 6.07) is 10.5. The van der Waals surface area contributed by atoms with Crippen LogP contribution in [-0.2, 0) is 27.7 Å². The normalized spacial score (nSPS) is 7.54. The maximum Gasteiger partial charge on any atom is 0.300 e. The molecule has 0 aromatic heterocycles. The van der Waals surface area contributed by atoms with Gasteiger partial charge >= 0.3 is 0 Å². The van der Waals surface area contributed by atoms with Crippen LogP contribution in [0.15, 0.2) is 30.3 Å². The summed E-state index contributed by atoms with van der Waals surface area (Å²) in [5.41, 5.74) is 1.41. The van der Waals surface area contributed by atoms with Crippen molar-refractivity contribution in [1.29, 1.82) is 0 Å². The number of carboxylic acids is 1. The van der Waals surface area contributed by atoms with E-state index in [1.54, 1.807) is 0 Å². The van der Waals surface area contributed by atoms with Crippen LogP contribution in [-0.4, -0.2) is 11.1 Å². The smallest absolute Gasteiger partial charge is 0.300 e. The molecular formula is C10H14NiO2. The standard InChI is InChI=1S/C8H10.C2H4O2.Ni/c1-2-8-6-4-3-5-7-8;1-2(3)4;/h3-7H,2H2,1H3;1H3,(H,3,4);. The average molecular weight is 225 g/mol. The number of benzene rings is 1. The van der Waals surface area contributed by atoms with Gasteiger partial charge in [0.05, 0.1) is 0 Å². The van der Waals surface area contributed by atoms with Gasteiger partial charge in [0.1, 0.15) is 0 Å². The van der Waals surface area contributed by atoms with Crippen molar-refractivity contribution >= 4 is 5.97 Å². The Balaban J connectivity index is 0. The molecule has 3 heteroatoms. The molecule has 1 rings (SSSR count). The van der Waals surface area contributed by atoms with Crippen LogP contribution in [0.1, 0.15) is 19.4 Å². The molecule has 0 fully saturated rings. The third-order valence-corrected chi connectivity index (χ3v) is 1.25. The predicted molar refractivity (Wildman–Crippen MR) is 49.1 cm³/mol. The van der Waals surface area contributed by atoms with Gasteiger partial charge in [0, 0.05) is 23.4 Å². The van der Waals surface area contributed by atoms with Gasteiger partial charge in [-0.15, -0.1) is 0 Å². The summed E-state index contributed by atoms with van der Waals surface area (Å²) in [7, 11) is 0. The molecule has 0 unspecified atom stereocenters. The topological polar surface area (TPSA) is 37.3 Å². The van der Waals surface area contributed by atoms with Gasteiger partial charge in [0.2, 0.25) is 0 Å². The molecule has 1 aromatic rings. The average Bonchev–Trinajstić information content (AvgIpc) is 2.05. The fourth-order valence-electron chi connectivity index (χ4n) is 0.714. The van der Waals surface area contributed by atoms with Crippen LogP contribution in [0.5, 0.6) is 0 Å². The second kappa shape index (κ2) is 9.27. The van der Waals surface area contributed by atoms with Gasteiger partial charge < -0.3 is 5.11 Å². The van der Waals surface area contributed by atoms with Crippen LogP contribution in [0, 0.1) is 0 Å². The summed E-state index contributed by atoms with van der Waals surface area (Å²) in [6.45, 7) is 3.25. The molecule has 76 valence electrons. The van der Waals surface area contributed by atoms with E-state index in [2.05, 4.69) is 31.2 Å². The van der Waals surface area contributed by atoms with E-state index in [9.17, 15) is 0 Å². The predicted octanol–water partition coefficient (Wildman–Crippen LogP) is 2.34. The van der Waals surface area contributed by atoms with Crippen LogP contribution in [0.3, 0.4) is 0 Å². The fraction of sp³-hybridized carbons (Fsp3) is 0.300. The summed E-state index contributed by atoms with van der Waals surface area (Å²) in [4.78, 5) is 9.00. The molecule has 2 nitrogen and oxygen atoms in total. The Bertz CT molecular complexity index is 218. The Hall–Kier alpha value is -0.816. The van der Waals surface area contributed by atoms with Crippen molar-refractivity contribution in [2.45, 2.75) is 20.3 Å². The van der Waals surface area contributed by atoms with Gasteiger partial charge in [-0.25, -0.2) is 0 Å². The molecule has 0 spiro atoms. The van der Waals surface area contributed by atoms with Crippen molar-refractivity contribution in [2.24, 2.45) is 0 Å². The Morgan fingerprint density at radius 2 is 1.69 bits per heavy atom. The molecule has 0 saturated carbocycles. The summed E-state index contributed by atoms with van der Waals surface area (Å²) < 4.78 is 0. The van der Waals surface area contributed by atoms with E-state index < -0.39 is 5.97 Å². The number of aryl methyl sites for hydroxylation is 1.